The van der Waals surface area contributed by atoms with Crippen LogP contribution in [0.15, 0.2) is 0 Å². The molecule has 3 aliphatic carbocycles. The summed E-state index contributed by atoms with van der Waals surface area (Å²) in [5.74, 6) is -11.8. The van der Waals surface area contributed by atoms with Crippen molar-refractivity contribution in [1.82, 2.24) is 60.0 Å². The van der Waals surface area contributed by atoms with E-state index in [4.69, 9.17) is 4.74 Å². The van der Waals surface area contributed by atoms with Crippen LogP contribution < -0.4 is 16.0 Å². The Hall–Kier alpha value is -6.68. The van der Waals surface area contributed by atoms with Crippen molar-refractivity contribution in [3.63, 3.8) is 0 Å². The van der Waals surface area contributed by atoms with E-state index < -0.39 is 193 Å². The lowest BCUT2D eigenvalue weighted by Gasteiger charge is -2.45. The Labute approximate surface area is 581 Å². The zero-order valence-corrected chi connectivity index (χ0v) is 60.5. The number of hydrogen-bond acceptors (Lipinski definition) is 13. The van der Waals surface area contributed by atoms with Crippen molar-refractivity contribution < 1.29 is 79.8 Å². The largest absolute Gasteiger partial charge is 0.394 e. The van der Waals surface area contributed by atoms with Crippen LogP contribution in [0.2, 0.25) is 0 Å². The van der Waals surface area contributed by atoms with Gasteiger partial charge in [0.25, 0.3) is 0 Å². The van der Waals surface area contributed by atoms with Crippen molar-refractivity contribution in [3.05, 3.63) is 0 Å². The average Bonchev–Trinajstić information content (AvgIpc) is 1.77. The summed E-state index contributed by atoms with van der Waals surface area (Å²) in [6.07, 6.45) is -1.66. The van der Waals surface area contributed by atoms with Crippen LogP contribution in [0.25, 0.3) is 0 Å². The number of hydrogen-bond donors (Lipinski definition) is 3. The molecule has 25 nitrogen and oxygen atoms in total. The van der Waals surface area contributed by atoms with Gasteiger partial charge in [-0.05, 0) is 133 Å². The van der Waals surface area contributed by atoms with E-state index in [1.807, 2.05) is 27.7 Å². The Morgan fingerprint density at radius 3 is 1.87 bits per heavy atom. The summed E-state index contributed by atoms with van der Waals surface area (Å²) in [4.78, 5) is 191. The number of likely N-dealkylation sites (tertiary alicyclic amines) is 1. The van der Waals surface area contributed by atoms with Gasteiger partial charge in [0.1, 0.15) is 66.1 Å². The molecule has 3 N–H and O–H groups in total. The number of nitrogens with one attached hydrogen (secondary N) is 3. The summed E-state index contributed by atoms with van der Waals surface area (Å²) in [6, 6.07) is -11.3. The van der Waals surface area contributed by atoms with Gasteiger partial charge in [-0.3, -0.25) is 57.5 Å². The molecule has 7 fully saturated rings. The number of likely N-dealkylation sites (N-methyl/N-ethyl adjacent to an activating group) is 6. The number of amides is 12. The van der Waals surface area contributed by atoms with Crippen molar-refractivity contribution >= 4 is 70.9 Å². The SMILES string of the molecule is CCCOC[C@H]1C(=O)N(C)CC(=O)N[C@@H](CCC2CCC(C(F)(F)F)C(F)C2)C(=O)N2CCC[C@H]2C(=O)NC2(CCCC2)C(=O)N(C)[C@@H](C2CCCC2)C(=O)N(C)[C@H](C(=O)N2CCCC2)CC(=O)N(C)[C@@H](CC(C)C)C(=O)N[C@@H]([C@@H](C)CC)C(=O)N(C)[C@@H](C)C(=O)N2CC[C@H]2C(=O)N1C. The Morgan fingerprint density at radius 1 is 0.636 bits per heavy atom. The molecular formula is C70H112F4N12O13. The van der Waals surface area contributed by atoms with E-state index in [1.54, 1.807) is 11.8 Å². The van der Waals surface area contributed by atoms with Gasteiger partial charge in [-0.2, -0.15) is 13.2 Å². The van der Waals surface area contributed by atoms with Gasteiger partial charge < -0.3 is 64.8 Å². The Morgan fingerprint density at radius 2 is 1.28 bits per heavy atom. The van der Waals surface area contributed by atoms with Gasteiger partial charge in [-0.25, -0.2) is 4.39 Å². The molecule has 0 aromatic rings. The smallest absolute Gasteiger partial charge is 0.379 e. The lowest BCUT2D eigenvalue weighted by molar-refractivity contribution is -0.201. The van der Waals surface area contributed by atoms with Crippen molar-refractivity contribution in [2.24, 2.45) is 29.6 Å². The monoisotopic (exact) mass is 1400 g/mol. The molecule has 4 heterocycles. The highest BCUT2D eigenvalue weighted by Gasteiger charge is 2.53. The van der Waals surface area contributed by atoms with Gasteiger partial charge in [0.05, 0.1) is 25.5 Å². The zero-order chi connectivity index (χ0) is 73.1. The van der Waals surface area contributed by atoms with E-state index in [2.05, 4.69) is 16.0 Å². The summed E-state index contributed by atoms with van der Waals surface area (Å²) in [5, 5.41) is 8.70. The van der Waals surface area contributed by atoms with Crippen LogP contribution in [0.4, 0.5) is 17.6 Å². The van der Waals surface area contributed by atoms with Crippen LogP contribution in [-0.4, -0.2) is 275 Å². The highest BCUT2D eigenvalue weighted by atomic mass is 19.4. The van der Waals surface area contributed by atoms with Crippen LogP contribution in [0.5, 0.6) is 0 Å². The Kier molecular flexibility index (Phi) is 28.0. The van der Waals surface area contributed by atoms with E-state index >= 15 is 28.4 Å². The topological polar surface area (TPSA) is 279 Å². The van der Waals surface area contributed by atoms with E-state index in [-0.39, 0.29) is 83.6 Å². The molecule has 7 aliphatic rings. The Bertz CT molecular complexity index is 2910. The predicted molar refractivity (Wildman–Crippen MR) is 358 cm³/mol. The molecule has 4 aliphatic heterocycles. The number of fused-ring (bicyclic) bond motifs is 2. The molecule has 0 aromatic carbocycles. The van der Waals surface area contributed by atoms with Crippen LogP contribution in [0.1, 0.15) is 183 Å². The van der Waals surface area contributed by atoms with Crippen molar-refractivity contribution in [1.29, 1.82) is 0 Å². The minimum atomic E-state index is -4.76. The lowest BCUT2D eigenvalue weighted by Crippen LogP contribution is -2.65. The number of nitrogens with zero attached hydrogens (tertiary/aromatic N) is 9. The molecular weight excluding hydrogens is 1290 g/mol. The van der Waals surface area contributed by atoms with Crippen molar-refractivity contribution in [2.75, 3.05) is 88.2 Å². The maximum atomic E-state index is 15.7. The third-order valence-corrected chi connectivity index (χ3v) is 22.6. The zero-order valence-electron chi connectivity index (χ0n) is 60.5. The summed E-state index contributed by atoms with van der Waals surface area (Å²) >= 11 is 0. The van der Waals surface area contributed by atoms with E-state index in [1.165, 1.54) is 78.6 Å². The number of ether oxygens (including phenoxy) is 1. The summed E-state index contributed by atoms with van der Waals surface area (Å²) < 4.78 is 62.6. The maximum Gasteiger partial charge on any atom is 0.394 e. The number of halogens is 4. The minimum Gasteiger partial charge on any atom is -0.379 e. The fourth-order valence-electron chi connectivity index (χ4n) is 15.9. The summed E-state index contributed by atoms with van der Waals surface area (Å²) in [5.41, 5.74) is -1.58. The van der Waals surface area contributed by atoms with Gasteiger partial charge in [0.2, 0.25) is 70.9 Å². The summed E-state index contributed by atoms with van der Waals surface area (Å²) in [6.45, 7) is 10.7. The first kappa shape index (κ1) is 79.6. The molecule has 1 spiro atoms. The lowest BCUT2D eigenvalue weighted by atomic mass is 9.78. The quantitative estimate of drug-likeness (QED) is 0.170. The van der Waals surface area contributed by atoms with Gasteiger partial charge >= 0.3 is 6.18 Å². The van der Waals surface area contributed by atoms with Gasteiger partial charge in [0.15, 0.2) is 0 Å². The number of alkyl halides is 4. The van der Waals surface area contributed by atoms with Crippen LogP contribution in [0, 0.1) is 29.6 Å². The minimum absolute atomic E-state index is 0.00701. The van der Waals surface area contributed by atoms with E-state index in [0.717, 1.165) is 22.6 Å². The van der Waals surface area contributed by atoms with Crippen LogP contribution >= 0.6 is 0 Å². The second kappa shape index (κ2) is 34.8. The first-order chi connectivity index (χ1) is 46.7. The number of carbonyl (C=O) groups excluding carboxylic acids is 12. The average molecular weight is 1410 g/mol. The first-order valence-corrected chi connectivity index (χ1v) is 36.4. The van der Waals surface area contributed by atoms with Crippen LogP contribution in [-0.2, 0) is 62.3 Å². The fourth-order valence-corrected chi connectivity index (χ4v) is 15.9. The molecule has 558 valence electrons. The second-order valence-electron chi connectivity index (χ2n) is 29.8. The standard InChI is InChI=1S/C70H112F4N12O13/c1-13-36-99-41-54-63(93)78(7)40-55(87)75-49(28-26-45-25-27-47(48(71)38-45)70(72,73)74)62(92)85-34-21-24-50(85)60(90)77-69(30-17-18-31-69)68(98)83(12)58(46-22-15-16-23-46)67(97)81(10)53(65(95)84-32-19-20-33-84)39-56(88)80(9)52(37-42(3)4)59(89)76-57(43(5)14-2)66(96)79(8)44(6)61(91)86-35-29-51(86)64(94)82(54)11/h42-54,57-58H,13-41H2,1-12H3,(H,75,87)(H,76,89)(H,77,90)/t43-,44-,45?,47?,48?,49-,50-,51-,52-,53-,54-,57-,58-/m0/s1. The molecule has 3 unspecified atom stereocenters. The Balaban J connectivity index is 1.27. The fraction of sp³-hybridized carbons (Fsp3) is 0.829. The molecule has 0 bridgehead atoms. The molecule has 0 radical (unpaired) electrons. The predicted octanol–water partition coefficient (Wildman–Crippen LogP) is 4.42. The highest BCUT2D eigenvalue weighted by molar-refractivity contribution is 6.01. The van der Waals surface area contributed by atoms with Gasteiger partial charge in [-0.15, -0.1) is 0 Å². The van der Waals surface area contributed by atoms with E-state index in [9.17, 15) is 46.7 Å². The molecule has 4 saturated heterocycles. The maximum absolute atomic E-state index is 15.7. The van der Waals surface area contributed by atoms with Crippen molar-refractivity contribution in [2.45, 2.75) is 255 Å². The van der Waals surface area contributed by atoms with Gasteiger partial charge in [0, 0.05) is 75.1 Å². The first-order valence-electron chi connectivity index (χ1n) is 36.4. The molecule has 13 atom stereocenters. The molecule has 29 heteroatoms. The molecule has 12 amide bonds. The normalized spacial score (nSPS) is 30.9. The van der Waals surface area contributed by atoms with Crippen LogP contribution in [0.3, 0.4) is 0 Å². The molecule has 3 saturated carbocycles. The van der Waals surface area contributed by atoms with Gasteiger partial charge in [-0.1, -0.05) is 66.7 Å². The number of rotatable bonds is 13. The second-order valence-corrected chi connectivity index (χ2v) is 29.8. The number of carbonyl (C=O) groups is 12. The highest BCUT2D eigenvalue weighted by Crippen LogP contribution is 2.43. The molecule has 0 aromatic heterocycles. The third kappa shape index (κ3) is 18.7. The van der Waals surface area contributed by atoms with E-state index in [0.29, 0.717) is 70.9 Å². The molecule has 99 heavy (non-hydrogen) atoms. The third-order valence-electron chi connectivity index (χ3n) is 22.6. The molecule has 7 rings (SSSR count). The van der Waals surface area contributed by atoms with Crippen molar-refractivity contribution in [3.8, 4) is 0 Å². The summed E-state index contributed by atoms with van der Waals surface area (Å²) in [7, 11) is 8.46.